The van der Waals surface area contributed by atoms with Gasteiger partial charge in [-0.3, -0.25) is 4.79 Å². The molecule has 0 aliphatic heterocycles. The average Bonchev–Trinajstić information content (AvgIpc) is 3.42. The number of aromatic amines is 1. The quantitative estimate of drug-likeness (QED) is 0.464. The maximum absolute atomic E-state index is 12.0. The van der Waals surface area contributed by atoms with E-state index in [4.69, 9.17) is 20.5 Å². The number of fused-ring (bicyclic) bond motifs is 1. The summed E-state index contributed by atoms with van der Waals surface area (Å²) in [6, 6.07) is 9.28. The van der Waals surface area contributed by atoms with E-state index >= 15 is 0 Å². The number of aromatic nitrogens is 3. The summed E-state index contributed by atoms with van der Waals surface area (Å²) in [4.78, 5) is 19.5. The van der Waals surface area contributed by atoms with Crippen LogP contribution < -0.4 is 5.32 Å². The summed E-state index contributed by atoms with van der Waals surface area (Å²) in [5, 5.41) is 8.61. The Bertz CT molecular complexity index is 1070. The van der Waals surface area contributed by atoms with E-state index in [0.29, 0.717) is 48.3 Å². The molecule has 0 saturated carbocycles. The van der Waals surface area contributed by atoms with Gasteiger partial charge in [-0.1, -0.05) is 16.8 Å². The summed E-state index contributed by atoms with van der Waals surface area (Å²) >= 11 is 6.06. The molecule has 144 valence electrons. The van der Waals surface area contributed by atoms with Crippen molar-refractivity contribution in [1.29, 1.82) is 0 Å². The minimum atomic E-state index is 0.00338. The normalized spacial score (nSPS) is 11.2. The fourth-order valence-corrected chi connectivity index (χ4v) is 3.22. The van der Waals surface area contributed by atoms with Crippen molar-refractivity contribution >= 4 is 28.4 Å². The van der Waals surface area contributed by atoms with Crippen LogP contribution in [0, 0.1) is 0 Å². The number of nitrogens with one attached hydrogen (secondary N) is 2. The van der Waals surface area contributed by atoms with Gasteiger partial charge in [-0.2, -0.15) is 4.98 Å². The highest BCUT2D eigenvalue weighted by Gasteiger charge is 2.11. The fourth-order valence-electron chi connectivity index (χ4n) is 3.04. The molecule has 0 atom stereocenters. The molecule has 0 spiro atoms. The lowest BCUT2D eigenvalue weighted by molar-refractivity contribution is -0.121. The molecule has 0 aliphatic rings. The Morgan fingerprint density at radius 1 is 1.25 bits per heavy atom. The fraction of sp³-hybridized carbons (Fsp3) is 0.250. The molecule has 0 unspecified atom stereocenters. The van der Waals surface area contributed by atoms with Crippen molar-refractivity contribution in [1.82, 2.24) is 20.4 Å². The first-order chi connectivity index (χ1) is 13.7. The monoisotopic (exact) mass is 398 g/mol. The molecule has 3 heterocycles. The maximum atomic E-state index is 12.0. The number of hydrogen-bond donors (Lipinski definition) is 2. The molecule has 4 rings (SSSR count). The Morgan fingerprint density at radius 3 is 3.04 bits per heavy atom. The van der Waals surface area contributed by atoms with E-state index in [2.05, 4.69) is 20.4 Å². The number of nitrogens with zero attached hydrogens (tertiary/aromatic N) is 2. The molecule has 1 aromatic carbocycles. The van der Waals surface area contributed by atoms with E-state index in [9.17, 15) is 4.79 Å². The summed E-state index contributed by atoms with van der Waals surface area (Å²) in [5.74, 6) is 1.48. The van der Waals surface area contributed by atoms with Crippen LogP contribution in [0.4, 0.5) is 0 Å². The Hall–Kier alpha value is -3.06. The van der Waals surface area contributed by atoms with Crippen molar-refractivity contribution < 1.29 is 13.7 Å². The van der Waals surface area contributed by atoms with Crippen molar-refractivity contribution in [3.8, 4) is 11.6 Å². The molecule has 0 aliphatic carbocycles. The van der Waals surface area contributed by atoms with Crippen LogP contribution in [0.2, 0.25) is 5.02 Å². The highest BCUT2D eigenvalue weighted by atomic mass is 35.5. The Morgan fingerprint density at radius 2 is 2.18 bits per heavy atom. The summed E-state index contributed by atoms with van der Waals surface area (Å²) < 4.78 is 10.4. The van der Waals surface area contributed by atoms with Gasteiger partial charge >= 0.3 is 0 Å². The lowest BCUT2D eigenvalue weighted by Gasteiger charge is -2.04. The zero-order valence-corrected chi connectivity index (χ0v) is 15.8. The zero-order valence-electron chi connectivity index (χ0n) is 15.1. The number of benzene rings is 1. The summed E-state index contributed by atoms with van der Waals surface area (Å²) in [6.45, 7) is 0.571. The van der Waals surface area contributed by atoms with Gasteiger partial charge in [0.15, 0.2) is 5.76 Å². The van der Waals surface area contributed by atoms with Crippen molar-refractivity contribution in [2.75, 3.05) is 6.54 Å². The lowest BCUT2D eigenvalue weighted by Crippen LogP contribution is -2.25. The van der Waals surface area contributed by atoms with Crippen LogP contribution in [0.25, 0.3) is 22.5 Å². The maximum Gasteiger partial charge on any atom is 0.238 e. The van der Waals surface area contributed by atoms with Gasteiger partial charge in [-0.05, 0) is 48.7 Å². The first kappa shape index (κ1) is 18.3. The number of hydrogen-bond acceptors (Lipinski definition) is 5. The molecule has 4 aromatic rings. The van der Waals surface area contributed by atoms with E-state index in [1.54, 1.807) is 18.4 Å². The molecule has 0 radical (unpaired) electrons. The molecular formula is C20H19ClN4O3. The van der Waals surface area contributed by atoms with E-state index < -0.39 is 0 Å². The SMILES string of the molecule is O=C(CCCc1nc(-c2ccco2)no1)NCCc1c[nH]c2ccc(Cl)cc12. The molecule has 0 saturated heterocycles. The van der Waals surface area contributed by atoms with Crippen molar-refractivity contribution in [2.24, 2.45) is 0 Å². The average molecular weight is 399 g/mol. The number of furan rings is 1. The second kappa shape index (κ2) is 8.31. The van der Waals surface area contributed by atoms with Crippen molar-refractivity contribution in [2.45, 2.75) is 25.7 Å². The lowest BCUT2D eigenvalue weighted by atomic mass is 10.1. The van der Waals surface area contributed by atoms with Gasteiger partial charge in [0.1, 0.15) is 0 Å². The Kier molecular flexibility index (Phi) is 5.43. The van der Waals surface area contributed by atoms with E-state index in [-0.39, 0.29) is 5.91 Å². The van der Waals surface area contributed by atoms with Crippen LogP contribution in [0.15, 0.2) is 51.7 Å². The van der Waals surface area contributed by atoms with Crippen LogP contribution >= 0.6 is 11.6 Å². The molecule has 8 heteroatoms. The minimum absolute atomic E-state index is 0.00338. The van der Waals surface area contributed by atoms with Crippen LogP contribution in [0.1, 0.15) is 24.3 Å². The Balaban J connectivity index is 1.20. The molecule has 7 nitrogen and oxygen atoms in total. The van der Waals surface area contributed by atoms with Gasteiger partial charge in [0, 0.05) is 41.5 Å². The second-order valence-electron chi connectivity index (χ2n) is 6.45. The summed E-state index contributed by atoms with van der Waals surface area (Å²) in [6.07, 6.45) is 5.83. The predicted octanol–water partition coefficient (Wildman–Crippen LogP) is 4.15. The molecular weight excluding hydrogens is 380 g/mol. The number of rotatable bonds is 8. The predicted molar refractivity (Wildman–Crippen MR) is 105 cm³/mol. The molecule has 2 N–H and O–H groups in total. The third-order valence-electron chi connectivity index (χ3n) is 4.45. The highest BCUT2D eigenvalue weighted by molar-refractivity contribution is 6.31. The van der Waals surface area contributed by atoms with Crippen LogP contribution in [0.3, 0.4) is 0 Å². The first-order valence-corrected chi connectivity index (χ1v) is 9.45. The third-order valence-corrected chi connectivity index (χ3v) is 4.69. The van der Waals surface area contributed by atoms with Gasteiger partial charge in [-0.15, -0.1) is 0 Å². The van der Waals surface area contributed by atoms with E-state index in [1.165, 1.54) is 0 Å². The highest BCUT2D eigenvalue weighted by Crippen LogP contribution is 2.22. The number of H-pyrrole nitrogens is 1. The minimum Gasteiger partial charge on any atom is -0.461 e. The molecule has 0 fully saturated rings. The molecule has 3 aromatic heterocycles. The van der Waals surface area contributed by atoms with Gasteiger partial charge in [0.05, 0.1) is 6.26 Å². The third kappa shape index (κ3) is 4.26. The van der Waals surface area contributed by atoms with Gasteiger partial charge < -0.3 is 19.2 Å². The van der Waals surface area contributed by atoms with Crippen LogP contribution in [-0.4, -0.2) is 27.6 Å². The molecule has 28 heavy (non-hydrogen) atoms. The zero-order chi connectivity index (χ0) is 19.3. The van der Waals surface area contributed by atoms with Crippen molar-refractivity contribution in [3.05, 3.63) is 59.3 Å². The smallest absolute Gasteiger partial charge is 0.238 e. The summed E-state index contributed by atoms with van der Waals surface area (Å²) in [7, 11) is 0. The topological polar surface area (TPSA) is 96.9 Å². The van der Waals surface area contributed by atoms with Crippen LogP contribution in [0.5, 0.6) is 0 Å². The first-order valence-electron chi connectivity index (χ1n) is 9.08. The van der Waals surface area contributed by atoms with Gasteiger partial charge in [-0.25, -0.2) is 0 Å². The Labute approximate surface area is 166 Å². The number of halogens is 1. The van der Waals surface area contributed by atoms with E-state index in [1.807, 2.05) is 24.4 Å². The second-order valence-corrected chi connectivity index (χ2v) is 6.88. The number of carbonyl (C=O) groups is 1. The number of aryl methyl sites for hydroxylation is 1. The number of amides is 1. The number of carbonyl (C=O) groups excluding carboxylic acids is 1. The molecule has 1 amide bonds. The standard InChI is InChI=1S/C20H19ClN4O3/c21-14-6-7-16-15(11-14)13(12-23-16)8-9-22-18(26)4-1-5-19-24-20(25-28-19)17-3-2-10-27-17/h2-3,6-7,10-12,23H,1,4-5,8-9H2,(H,22,26). The van der Waals surface area contributed by atoms with Crippen LogP contribution in [-0.2, 0) is 17.6 Å². The van der Waals surface area contributed by atoms with E-state index in [0.717, 1.165) is 22.9 Å². The van der Waals surface area contributed by atoms with Gasteiger partial charge in [0.25, 0.3) is 0 Å². The van der Waals surface area contributed by atoms with Crippen molar-refractivity contribution in [3.63, 3.8) is 0 Å². The molecule has 0 bridgehead atoms. The summed E-state index contributed by atoms with van der Waals surface area (Å²) in [5.41, 5.74) is 2.17. The van der Waals surface area contributed by atoms with Gasteiger partial charge in [0.2, 0.25) is 17.6 Å². The largest absolute Gasteiger partial charge is 0.461 e.